The number of phosphoric ester groups is 1. The Bertz CT molecular complexity index is 1630. The van der Waals surface area contributed by atoms with Crippen molar-refractivity contribution in [2.24, 2.45) is 4.99 Å². The lowest BCUT2D eigenvalue weighted by Crippen LogP contribution is -2.31. The summed E-state index contributed by atoms with van der Waals surface area (Å²) in [6.07, 6.45) is 4.47. The SMILES string of the molecule is CC(C)(C)OP(=O)(OCn1c(=Nc2c(F)cc(F)cc2F)n([C@H]2CCOC2)c2nc(NC3CCC(O)CC3)ncc21)OC(C)(C)C. The number of aliphatic hydroxyl groups excluding tert-OH is 1. The van der Waals surface area contributed by atoms with Gasteiger partial charge < -0.3 is 15.2 Å². The van der Waals surface area contributed by atoms with Gasteiger partial charge in [-0.25, -0.2) is 27.7 Å². The van der Waals surface area contributed by atoms with E-state index in [2.05, 4.69) is 15.3 Å². The third-order valence-corrected chi connectivity index (χ3v) is 9.31. The summed E-state index contributed by atoms with van der Waals surface area (Å²) in [4.78, 5) is 13.6. The maximum absolute atomic E-state index is 15.0. The maximum atomic E-state index is 15.0. The lowest BCUT2D eigenvalue weighted by atomic mass is 9.93. The molecule has 0 spiro atoms. The van der Waals surface area contributed by atoms with Crippen LogP contribution in [-0.4, -0.2) is 60.8 Å². The van der Waals surface area contributed by atoms with E-state index in [0.29, 0.717) is 55.1 Å². The van der Waals surface area contributed by atoms with E-state index >= 15 is 8.78 Å². The molecule has 1 aliphatic carbocycles. The van der Waals surface area contributed by atoms with Gasteiger partial charge >= 0.3 is 7.82 Å². The van der Waals surface area contributed by atoms with Crippen LogP contribution >= 0.6 is 7.82 Å². The number of rotatable bonds is 9. The predicted molar refractivity (Wildman–Crippen MR) is 164 cm³/mol. The fraction of sp³-hybridized carbons (Fsp3) is 0.633. The molecule has 0 bridgehead atoms. The van der Waals surface area contributed by atoms with Crippen molar-refractivity contribution in [3.8, 4) is 0 Å². The van der Waals surface area contributed by atoms with E-state index in [1.54, 1.807) is 46.1 Å². The summed E-state index contributed by atoms with van der Waals surface area (Å²) < 4.78 is 84.0. The van der Waals surface area contributed by atoms with E-state index < -0.39 is 48.9 Å². The van der Waals surface area contributed by atoms with E-state index in [0.717, 1.165) is 12.8 Å². The third-order valence-electron chi connectivity index (χ3n) is 7.34. The molecule has 0 unspecified atom stereocenters. The third kappa shape index (κ3) is 8.36. The minimum atomic E-state index is -4.26. The Labute approximate surface area is 265 Å². The van der Waals surface area contributed by atoms with Crippen LogP contribution in [0.15, 0.2) is 23.3 Å². The molecule has 3 heterocycles. The second-order valence-electron chi connectivity index (χ2n) is 13.6. The Morgan fingerprint density at radius 2 is 1.67 bits per heavy atom. The first kappa shape index (κ1) is 34.5. The highest BCUT2D eigenvalue weighted by atomic mass is 31.2. The Morgan fingerprint density at radius 1 is 1.04 bits per heavy atom. The molecule has 1 atom stereocenters. The minimum absolute atomic E-state index is 0.0276. The van der Waals surface area contributed by atoms with Gasteiger partial charge in [-0.3, -0.25) is 22.7 Å². The molecular formula is C30H42F3N6O6P. The second kappa shape index (κ2) is 13.4. The van der Waals surface area contributed by atoms with Crippen LogP contribution in [0.5, 0.6) is 0 Å². The number of hydrogen-bond donors (Lipinski definition) is 2. The standard InChI is InChI=1S/C30H42F3N6O6P/c1-29(2,3)44-46(41,45-30(4,5)6)43-17-38-24-15-34-27(35-19-7-9-21(40)10-8-19)37-26(24)39(20-11-12-42-16-20)28(38)36-25-22(32)13-18(31)14-23(25)33/h13-15,19-21,40H,7-12,16-17H2,1-6H3,(H,34,35,37)/t19?,20-,21?/m0/s1. The van der Waals surface area contributed by atoms with Crippen LogP contribution < -0.4 is 10.9 Å². The van der Waals surface area contributed by atoms with Crippen LogP contribution in [0.3, 0.4) is 0 Å². The van der Waals surface area contributed by atoms with Gasteiger partial charge in [-0.2, -0.15) is 4.98 Å². The van der Waals surface area contributed by atoms with E-state index in [9.17, 15) is 14.1 Å². The molecule has 16 heteroatoms. The largest absolute Gasteiger partial charge is 0.477 e. The average Bonchev–Trinajstić information content (AvgIpc) is 3.54. The Balaban J connectivity index is 1.68. The zero-order chi connectivity index (χ0) is 33.4. The van der Waals surface area contributed by atoms with Crippen LogP contribution in [0.1, 0.15) is 79.7 Å². The molecule has 5 rings (SSSR count). The summed E-state index contributed by atoms with van der Waals surface area (Å²) in [5.41, 5.74) is -1.92. The fourth-order valence-corrected chi connectivity index (χ4v) is 7.20. The molecule has 3 aromatic rings. The summed E-state index contributed by atoms with van der Waals surface area (Å²) in [6, 6.07) is 0.765. The quantitative estimate of drug-likeness (QED) is 0.253. The Kier molecular flexibility index (Phi) is 10.0. The molecule has 2 aromatic heterocycles. The molecule has 2 fully saturated rings. The molecule has 0 radical (unpaired) electrons. The number of halogens is 3. The van der Waals surface area contributed by atoms with Crippen molar-refractivity contribution in [2.45, 2.75) is 110 Å². The molecule has 46 heavy (non-hydrogen) atoms. The summed E-state index contributed by atoms with van der Waals surface area (Å²) in [6.45, 7) is 10.4. The minimum Gasteiger partial charge on any atom is -0.393 e. The van der Waals surface area contributed by atoms with Gasteiger partial charge in [0, 0.05) is 24.8 Å². The van der Waals surface area contributed by atoms with E-state index in [1.165, 1.54) is 10.8 Å². The number of fused-ring (bicyclic) bond motifs is 1. The molecule has 0 amide bonds. The van der Waals surface area contributed by atoms with Crippen molar-refractivity contribution in [3.63, 3.8) is 0 Å². The smallest absolute Gasteiger partial charge is 0.393 e. The van der Waals surface area contributed by atoms with Gasteiger partial charge in [-0.05, 0) is 73.6 Å². The van der Waals surface area contributed by atoms with Crippen molar-refractivity contribution < 1.29 is 41.2 Å². The number of nitrogens with one attached hydrogen (secondary N) is 1. The lowest BCUT2D eigenvalue weighted by molar-refractivity contribution is -0.00620. The summed E-state index contributed by atoms with van der Waals surface area (Å²) >= 11 is 0. The van der Waals surface area contributed by atoms with Gasteiger partial charge in [0.05, 0.1) is 36.2 Å². The highest BCUT2D eigenvalue weighted by Gasteiger charge is 2.38. The summed E-state index contributed by atoms with van der Waals surface area (Å²) in [7, 11) is -4.26. The number of imidazole rings is 1. The van der Waals surface area contributed by atoms with Crippen LogP contribution in [0.25, 0.3) is 11.2 Å². The maximum Gasteiger partial charge on any atom is 0.477 e. The van der Waals surface area contributed by atoms with Gasteiger partial charge in [0.15, 0.2) is 17.3 Å². The zero-order valence-electron chi connectivity index (χ0n) is 26.9. The van der Waals surface area contributed by atoms with Gasteiger partial charge in [0.2, 0.25) is 11.6 Å². The molecule has 1 aliphatic heterocycles. The van der Waals surface area contributed by atoms with E-state index in [-0.39, 0.29) is 30.4 Å². The van der Waals surface area contributed by atoms with Gasteiger partial charge in [0.25, 0.3) is 0 Å². The van der Waals surface area contributed by atoms with Gasteiger partial charge in [-0.15, -0.1) is 0 Å². The molecular weight excluding hydrogens is 628 g/mol. The molecule has 2 N–H and O–H groups in total. The van der Waals surface area contributed by atoms with Crippen molar-refractivity contribution in [1.29, 1.82) is 0 Å². The molecule has 1 saturated heterocycles. The zero-order valence-corrected chi connectivity index (χ0v) is 27.8. The topological polar surface area (TPSA) is 134 Å². The summed E-state index contributed by atoms with van der Waals surface area (Å²) in [5, 5.41) is 13.2. The van der Waals surface area contributed by atoms with Crippen molar-refractivity contribution in [1.82, 2.24) is 19.1 Å². The molecule has 254 valence electrons. The van der Waals surface area contributed by atoms with Gasteiger partial charge in [-0.1, -0.05) is 0 Å². The number of ether oxygens (including phenoxy) is 1. The number of anilines is 1. The van der Waals surface area contributed by atoms with Crippen LogP contribution in [-0.2, 0) is 29.6 Å². The highest BCUT2D eigenvalue weighted by Crippen LogP contribution is 2.55. The first-order valence-corrected chi connectivity index (χ1v) is 16.8. The molecule has 2 aliphatic rings. The number of aliphatic hydroxyl groups is 1. The molecule has 1 saturated carbocycles. The van der Waals surface area contributed by atoms with Crippen LogP contribution in [0.4, 0.5) is 24.8 Å². The van der Waals surface area contributed by atoms with Crippen LogP contribution in [0.2, 0.25) is 0 Å². The molecule has 12 nitrogen and oxygen atoms in total. The number of nitrogens with zero attached hydrogens (tertiary/aromatic N) is 5. The Hall–Kier alpha value is -2.81. The number of phosphoric acid groups is 1. The second-order valence-corrected chi connectivity index (χ2v) is 15.1. The predicted octanol–water partition coefficient (Wildman–Crippen LogP) is 6.27. The summed E-state index contributed by atoms with van der Waals surface area (Å²) in [5.74, 6) is -3.21. The van der Waals surface area contributed by atoms with Crippen LogP contribution in [0, 0.1) is 17.5 Å². The van der Waals surface area contributed by atoms with Crippen molar-refractivity contribution in [3.05, 3.63) is 41.4 Å². The van der Waals surface area contributed by atoms with Crippen molar-refractivity contribution in [2.75, 3.05) is 18.5 Å². The van der Waals surface area contributed by atoms with E-state index in [1.807, 2.05) is 0 Å². The first-order chi connectivity index (χ1) is 21.5. The number of hydrogen-bond acceptors (Lipinski definition) is 10. The van der Waals surface area contributed by atoms with E-state index in [4.69, 9.17) is 23.3 Å². The molecule has 1 aromatic carbocycles. The van der Waals surface area contributed by atoms with Crippen molar-refractivity contribution >= 4 is 30.6 Å². The average molecular weight is 671 g/mol. The Morgan fingerprint density at radius 3 is 2.24 bits per heavy atom. The highest BCUT2D eigenvalue weighted by molar-refractivity contribution is 7.48. The lowest BCUT2D eigenvalue weighted by Gasteiger charge is -2.30. The normalized spacial score (nSPS) is 21.8. The van der Waals surface area contributed by atoms with Gasteiger partial charge in [0.1, 0.15) is 23.8 Å². The number of aromatic nitrogens is 4. The first-order valence-electron chi connectivity index (χ1n) is 15.4. The monoisotopic (exact) mass is 670 g/mol. The number of benzene rings is 1. The fourth-order valence-electron chi connectivity index (χ4n) is 5.45.